The summed E-state index contributed by atoms with van der Waals surface area (Å²) in [6, 6.07) is 32.0. The molecule has 2 saturated heterocycles. The van der Waals surface area contributed by atoms with E-state index in [2.05, 4.69) is 125 Å². The fourth-order valence-corrected chi connectivity index (χ4v) is 18.0. The maximum atomic E-state index is 12.1. The van der Waals surface area contributed by atoms with Crippen molar-refractivity contribution in [1.82, 2.24) is 34.6 Å². The molecule has 5 aromatic carbocycles. The molecule has 3 amide bonds. The van der Waals surface area contributed by atoms with E-state index >= 15 is 0 Å². The molecule has 0 bridgehead atoms. The molecule has 688 valence electrons. The average Bonchev–Trinajstić information content (AvgIpc) is 1.62. The summed E-state index contributed by atoms with van der Waals surface area (Å²) in [4.78, 5) is 73.5. The maximum absolute atomic E-state index is 12.1. The number of thiazole rings is 4. The van der Waals surface area contributed by atoms with Gasteiger partial charge in [-0.15, -0.1) is 57.8 Å². The Labute approximate surface area is 788 Å². The van der Waals surface area contributed by atoms with E-state index in [4.69, 9.17) is 37.5 Å². The second-order valence-electron chi connectivity index (χ2n) is 32.6. The summed E-state index contributed by atoms with van der Waals surface area (Å²) in [6.45, 7) is 33.7. The van der Waals surface area contributed by atoms with E-state index in [1.807, 2.05) is 141 Å². The van der Waals surface area contributed by atoms with Crippen molar-refractivity contribution in [3.63, 3.8) is 0 Å². The molecule has 16 rings (SSSR count). The van der Waals surface area contributed by atoms with Crippen LogP contribution in [0.25, 0.3) is 46.4 Å². The Morgan fingerprint density at radius 1 is 0.565 bits per heavy atom. The number of aldehydes is 1. The number of para-hydroxylation sites is 5. The Morgan fingerprint density at radius 3 is 1.27 bits per heavy atom. The van der Waals surface area contributed by atoms with E-state index < -0.39 is 36.4 Å². The van der Waals surface area contributed by atoms with Crippen LogP contribution < -0.4 is 0 Å². The fourth-order valence-electron chi connectivity index (χ4n) is 14.0. The summed E-state index contributed by atoms with van der Waals surface area (Å²) in [6.07, 6.45) is 15.1. The van der Waals surface area contributed by atoms with Crippen LogP contribution in [0.2, 0.25) is 0 Å². The third kappa shape index (κ3) is 34.9. The number of amides is 3. The van der Waals surface area contributed by atoms with E-state index in [-0.39, 0.29) is 84.3 Å². The molecule has 18 nitrogen and oxygen atoms in total. The number of likely N-dealkylation sites (tertiary alicyclic amines) is 1. The Morgan fingerprint density at radius 2 is 0.911 bits per heavy atom. The second kappa shape index (κ2) is 54.9. The molecule has 4 aromatic heterocycles. The van der Waals surface area contributed by atoms with Gasteiger partial charge in [0, 0.05) is 80.1 Å². The van der Waals surface area contributed by atoms with Crippen molar-refractivity contribution in [2.24, 2.45) is 4.99 Å². The molecule has 0 spiro atoms. The van der Waals surface area contributed by atoms with Crippen LogP contribution in [0, 0.1) is 7.43 Å². The summed E-state index contributed by atoms with van der Waals surface area (Å²) < 4.78 is 93.7. The van der Waals surface area contributed by atoms with Gasteiger partial charge in [-0.05, 0) is 239 Å². The van der Waals surface area contributed by atoms with Crippen LogP contribution >= 0.6 is 85.4 Å². The first kappa shape index (κ1) is 108. The smallest absolute Gasteiger partial charge is 0.444 e. The van der Waals surface area contributed by atoms with Crippen LogP contribution in [0.1, 0.15) is 259 Å². The van der Waals surface area contributed by atoms with Gasteiger partial charge < -0.3 is 50.8 Å². The number of alkyl halides is 4. The van der Waals surface area contributed by atoms with Gasteiger partial charge in [0.1, 0.15) is 33.0 Å². The SMILES string of the molecule is Brc1cccc2c1N=[C+]S2.C.CC(C)(C)OC(=O)N1CC=C(B2OC(C)(C)C(C)(C)O2)CC1.CC(C)(C)OC(=O)N1CC=C(c2cccc3scnc23)CC1.CC(C)(C)OC(=O)N1CCC(c2cccc3scnc23)CC1.CO.Cl.O=CC(F)(F)F.[2H]CC.[2H]CC.[2H]CF.[CH3-].[Pd].c1cc(C2CCCCC2)c2ncsc2c1.c1cc(C2CCCCC2)c2ncsc2c1. The number of aliphatic hydroxyl groups is 1. The number of hydrogen-bond donors (Lipinski definition) is 1. The molecule has 9 aromatic rings. The number of piperidine rings is 1. The molecule has 7 aliphatic rings. The molecule has 2 saturated carbocycles. The molecule has 0 radical (unpaired) electrons. The van der Waals surface area contributed by atoms with Crippen LogP contribution in [0.5, 0.6) is 0 Å². The standard InChI is InChI=1S/C17H22N2O2S.C17H20N2O2S.C16H28BNO4.2C13H15NS.C7H3BrNS.C2HF3O.2C2H6.CH3F.CH4O.CH4.CH3.ClH.Pd/c2*1-17(2,3)21-16(20)19-9-7-12(8-10-19)13-5-4-6-14-15(13)18-11-22-14;1-14(2,3)20-13(19)18-10-8-12(9-11-18)17-21-15(4,5)16(6,7)22-17;2*1-2-5-10(6-3-1)11-7-4-8-12-13(11)14-9-15-12;8-5-2-1-3-6-7(5)9-4-10-6;3-2(4,5)1-6;4*1-2;;;;/h4-6,11-12H,7-10H2,1-3H3;4-7,11H,8-10H2,1-3H3;8H,9-11H2,1-7H3;2*4,7-10H,1-3,5-6H2;1-3H;1H;2*1-2H3;1H3;2H,1H3;1H4;1H3;1H;/q;;;;;+1;;;;;;;-1;;/i;;;;;;;3*1D;;;;;. The first-order valence-electron chi connectivity index (χ1n) is 42.8. The summed E-state index contributed by atoms with van der Waals surface area (Å²) in [7, 11) is -0.314. The monoisotopic (exact) mass is 1990 g/mol. The van der Waals surface area contributed by atoms with Crippen molar-refractivity contribution in [2.75, 3.05) is 53.5 Å². The predicted octanol–water partition coefficient (Wildman–Crippen LogP) is 28.2. The Balaban J connectivity index is 0.000000500. The van der Waals surface area contributed by atoms with Crippen LogP contribution in [0.3, 0.4) is 0 Å². The zero-order chi connectivity index (χ0) is 90.7. The molecule has 0 unspecified atom stereocenters. The maximum Gasteiger partial charge on any atom is 0.490 e. The van der Waals surface area contributed by atoms with E-state index in [1.165, 1.54) is 139 Å². The Bertz CT molecular complexity index is 4730. The first-order chi connectivity index (χ1) is 58.4. The molecule has 0 atom stereocenters. The van der Waals surface area contributed by atoms with Gasteiger partial charge in [-0.2, -0.15) is 13.2 Å². The topological polar surface area (TPSA) is 208 Å². The second-order valence-corrected chi connectivity index (χ2v) is 37.8. The van der Waals surface area contributed by atoms with Gasteiger partial charge in [0.15, 0.2) is 4.90 Å². The minimum atomic E-state index is -4.64. The van der Waals surface area contributed by atoms with Crippen LogP contribution in [-0.4, -0.2) is 165 Å². The van der Waals surface area contributed by atoms with Gasteiger partial charge in [0.05, 0.1) is 82.6 Å². The van der Waals surface area contributed by atoms with Crippen LogP contribution in [0.15, 0.2) is 145 Å². The number of rotatable bonds is 5. The first-order valence-corrected chi connectivity index (χ1v) is 45.8. The molecular formula is C93H131BBrClF4N8O10PdS5. The number of aliphatic imine (C=N–C) groups is 1. The van der Waals surface area contributed by atoms with Crippen molar-refractivity contribution in [3.8, 4) is 0 Å². The number of aromatic nitrogens is 4. The molecule has 2 aliphatic carbocycles. The summed E-state index contributed by atoms with van der Waals surface area (Å²) in [5.74, 6) is 2.01. The Kier molecular flexibility index (Phi) is 47.9. The molecule has 5 aliphatic heterocycles. The molecule has 9 heterocycles. The van der Waals surface area contributed by atoms with Crippen LogP contribution in [0.4, 0.5) is 37.6 Å². The quantitative estimate of drug-likeness (QED) is 0.0559. The number of ether oxygens (including phenoxy) is 3. The van der Waals surface area contributed by atoms with E-state index in [0.717, 1.165) is 84.4 Å². The number of hydrogen-bond acceptors (Lipinski definition) is 20. The molecule has 31 heteroatoms. The molecule has 124 heavy (non-hydrogen) atoms. The van der Waals surface area contributed by atoms with Gasteiger partial charge in [0.25, 0.3) is 5.55 Å². The number of carbonyl (C=O) groups excluding carboxylic acids is 4. The third-order valence-corrected chi connectivity index (χ3v) is 24.8. The predicted molar refractivity (Wildman–Crippen MR) is 514 cm³/mol. The number of benzene rings is 5. The third-order valence-electron chi connectivity index (χ3n) is 20.3. The summed E-state index contributed by atoms with van der Waals surface area (Å²) in [5.41, 5.74) is 22.1. The average molecular weight is 1990 g/mol. The van der Waals surface area contributed by atoms with E-state index in [1.54, 1.807) is 69.0 Å². The number of aliphatic hydroxyl groups excluding tert-OH is 1. The normalized spacial score (nSPS) is 16.6. The number of nitrogens with zero attached hydrogens (tertiary/aromatic N) is 8. The van der Waals surface area contributed by atoms with Crippen LogP contribution in [-0.2, 0) is 48.7 Å². The van der Waals surface area contributed by atoms with Gasteiger partial charge >= 0.3 is 31.6 Å². The fraction of sp³-hybridized carbons (Fsp3) is 0.527. The number of halogens is 6. The van der Waals surface area contributed by atoms with Crippen molar-refractivity contribution in [3.05, 3.63) is 165 Å². The van der Waals surface area contributed by atoms with Crippen molar-refractivity contribution < 1.29 is 89.9 Å². The number of thioether (sulfide) groups is 1. The van der Waals surface area contributed by atoms with E-state index in [9.17, 15) is 31.9 Å². The van der Waals surface area contributed by atoms with Gasteiger partial charge in [-0.1, -0.05) is 140 Å². The Hall–Kier alpha value is -6.35. The largest absolute Gasteiger partial charge is 0.490 e. The van der Waals surface area contributed by atoms with E-state index in [0.29, 0.717) is 45.9 Å². The van der Waals surface area contributed by atoms with Crippen molar-refractivity contribution in [2.45, 2.75) is 272 Å². The number of fused-ring (bicyclic) bond motifs is 5. The minimum absolute atomic E-state index is 0. The molecule has 4 fully saturated rings. The molecular weight excluding hydrogens is 1860 g/mol. The zero-order valence-corrected chi connectivity index (χ0v) is 82.2. The molecule has 1 N–H and O–H groups in total. The zero-order valence-electron chi connectivity index (χ0n) is 77.1. The van der Waals surface area contributed by atoms with Crippen molar-refractivity contribution >= 4 is 175 Å². The number of carbonyl (C=O) groups is 4. The van der Waals surface area contributed by atoms with Crippen molar-refractivity contribution in [1.29, 1.82) is 0 Å². The summed E-state index contributed by atoms with van der Waals surface area (Å²) in [5, 5.41) is 7.00. The van der Waals surface area contributed by atoms with Gasteiger partial charge in [-0.25, -0.2) is 34.3 Å². The van der Waals surface area contributed by atoms with Gasteiger partial charge in [0.2, 0.25) is 12.0 Å². The summed E-state index contributed by atoms with van der Waals surface area (Å²) >= 11 is 11.8. The minimum Gasteiger partial charge on any atom is -0.444 e. The van der Waals surface area contributed by atoms with Gasteiger partial charge in [-0.3, -0.25) is 9.18 Å².